The maximum Gasteiger partial charge on any atom is 0.416 e. The number of halogens is 4. The van der Waals surface area contributed by atoms with Crippen molar-refractivity contribution in [1.82, 2.24) is 16.0 Å². The first-order valence-electron chi connectivity index (χ1n) is 7.82. The number of hydrogen-bond acceptors (Lipinski definition) is 3. The molecule has 1 aromatic carbocycles. The van der Waals surface area contributed by atoms with Gasteiger partial charge in [-0.15, -0.1) is 35.3 Å². The lowest BCUT2D eigenvalue weighted by Gasteiger charge is -2.12. The molecule has 5 nitrogen and oxygen atoms in total. The lowest BCUT2D eigenvalue weighted by Crippen LogP contribution is -2.41. The Morgan fingerprint density at radius 1 is 1.07 bits per heavy atom. The van der Waals surface area contributed by atoms with Crippen LogP contribution in [0, 0.1) is 0 Å². The van der Waals surface area contributed by atoms with Crippen molar-refractivity contribution in [3.8, 4) is 0 Å². The van der Waals surface area contributed by atoms with Crippen LogP contribution in [-0.4, -0.2) is 32.0 Å². The number of nitrogens with one attached hydrogen (secondary N) is 3. The lowest BCUT2D eigenvalue weighted by atomic mass is 10.1. The Balaban J connectivity index is 0.00000364. The zero-order valence-corrected chi connectivity index (χ0v) is 17.6. The van der Waals surface area contributed by atoms with Gasteiger partial charge < -0.3 is 16.0 Å². The van der Waals surface area contributed by atoms with E-state index in [-0.39, 0.29) is 29.5 Å². The molecule has 0 aliphatic rings. The van der Waals surface area contributed by atoms with Crippen LogP contribution in [0.25, 0.3) is 0 Å². The Morgan fingerprint density at radius 3 is 2.30 bits per heavy atom. The predicted octanol–water partition coefficient (Wildman–Crippen LogP) is 3.48. The van der Waals surface area contributed by atoms with E-state index < -0.39 is 17.6 Å². The van der Waals surface area contributed by atoms with Crippen LogP contribution >= 0.6 is 35.3 Å². The monoisotopic (exact) mass is 512 g/mol. The van der Waals surface area contributed by atoms with Crippen molar-refractivity contribution in [1.29, 1.82) is 0 Å². The number of carbonyl (C=O) groups excluding carboxylic acids is 1. The normalized spacial score (nSPS) is 11.5. The van der Waals surface area contributed by atoms with Crippen molar-refractivity contribution in [2.45, 2.75) is 12.7 Å². The number of alkyl halides is 3. The molecule has 0 atom stereocenters. The largest absolute Gasteiger partial charge is 0.416 e. The van der Waals surface area contributed by atoms with Gasteiger partial charge >= 0.3 is 6.18 Å². The first kappa shape index (κ1) is 23.2. The van der Waals surface area contributed by atoms with Crippen molar-refractivity contribution < 1.29 is 18.0 Å². The first-order valence-corrected chi connectivity index (χ1v) is 8.70. The molecule has 0 bridgehead atoms. The van der Waals surface area contributed by atoms with Gasteiger partial charge in [-0.1, -0.05) is 6.07 Å². The van der Waals surface area contributed by atoms with E-state index in [9.17, 15) is 18.0 Å². The standard InChI is InChI=1S/C17H19F3N4OS.HI/c1-21-16(24-11-14-3-2-10-26-14)23-9-8-22-15(25)12-4-6-13(7-5-12)17(18,19)20;/h2-7,10H,8-9,11H2,1H3,(H,22,25)(H2,21,23,24);1H. The molecular weight excluding hydrogens is 492 g/mol. The molecule has 10 heteroatoms. The summed E-state index contributed by atoms with van der Waals surface area (Å²) in [5, 5.41) is 10.8. The summed E-state index contributed by atoms with van der Waals surface area (Å²) in [5.41, 5.74) is -0.602. The third-order valence-corrected chi connectivity index (χ3v) is 4.29. The van der Waals surface area contributed by atoms with E-state index in [1.807, 2.05) is 17.5 Å². The van der Waals surface area contributed by atoms with Crippen molar-refractivity contribution in [3.05, 3.63) is 57.8 Å². The molecule has 0 saturated heterocycles. The summed E-state index contributed by atoms with van der Waals surface area (Å²) in [6, 6.07) is 8.08. The fourth-order valence-corrected chi connectivity index (χ4v) is 2.72. The molecule has 1 aromatic heterocycles. The van der Waals surface area contributed by atoms with E-state index in [0.717, 1.165) is 24.3 Å². The smallest absolute Gasteiger partial charge is 0.355 e. The Hall–Kier alpha value is -1.82. The topological polar surface area (TPSA) is 65.5 Å². The molecule has 1 amide bonds. The fourth-order valence-electron chi connectivity index (χ4n) is 2.07. The lowest BCUT2D eigenvalue weighted by molar-refractivity contribution is -0.137. The van der Waals surface area contributed by atoms with Gasteiger partial charge in [0, 0.05) is 30.6 Å². The number of carbonyl (C=O) groups is 1. The average Bonchev–Trinajstić information content (AvgIpc) is 3.14. The van der Waals surface area contributed by atoms with Crippen LogP contribution < -0.4 is 16.0 Å². The molecule has 2 aromatic rings. The number of rotatable bonds is 6. The molecule has 0 saturated carbocycles. The molecule has 3 N–H and O–H groups in total. The second-order valence-corrected chi connectivity index (χ2v) is 6.30. The van der Waals surface area contributed by atoms with Gasteiger partial charge in [-0.05, 0) is 35.7 Å². The van der Waals surface area contributed by atoms with Crippen LogP contribution in [0.1, 0.15) is 20.8 Å². The molecule has 0 radical (unpaired) electrons. The van der Waals surface area contributed by atoms with Gasteiger partial charge in [-0.3, -0.25) is 9.79 Å². The van der Waals surface area contributed by atoms with Crippen molar-refractivity contribution in [2.75, 3.05) is 20.1 Å². The predicted molar refractivity (Wildman–Crippen MR) is 112 cm³/mol. The van der Waals surface area contributed by atoms with Gasteiger partial charge in [0.2, 0.25) is 0 Å². The van der Waals surface area contributed by atoms with E-state index in [4.69, 9.17) is 0 Å². The summed E-state index contributed by atoms with van der Waals surface area (Å²) in [5.74, 6) is 0.171. The van der Waals surface area contributed by atoms with Crippen molar-refractivity contribution in [2.24, 2.45) is 4.99 Å². The van der Waals surface area contributed by atoms with Gasteiger partial charge in [0.05, 0.1) is 12.1 Å². The Morgan fingerprint density at radius 2 is 1.74 bits per heavy atom. The number of aliphatic imine (C=N–C) groups is 1. The van der Waals surface area contributed by atoms with E-state index in [0.29, 0.717) is 25.6 Å². The van der Waals surface area contributed by atoms with E-state index >= 15 is 0 Å². The van der Waals surface area contributed by atoms with Crippen LogP contribution in [0.15, 0.2) is 46.8 Å². The molecule has 148 valence electrons. The minimum Gasteiger partial charge on any atom is -0.355 e. The first-order chi connectivity index (χ1) is 12.4. The number of guanidine groups is 1. The highest BCUT2D eigenvalue weighted by molar-refractivity contribution is 14.0. The highest BCUT2D eigenvalue weighted by atomic mass is 127. The third-order valence-electron chi connectivity index (χ3n) is 3.41. The minimum absolute atomic E-state index is 0. The van der Waals surface area contributed by atoms with Gasteiger partial charge in [-0.2, -0.15) is 13.2 Å². The summed E-state index contributed by atoms with van der Waals surface area (Å²) in [4.78, 5) is 17.2. The maximum absolute atomic E-state index is 12.5. The zero-order valence-electron chi connectivity index (χ0n) is 14.5. The summed E-state index contributed by atoms with van der Waals surface area (Å²) in [6.45, 7) is 1.38. The number of amides is 1. The number of nitrogens with zero attached hydrogens (tertiary/aromatic N) is 1. The Kier molecular flexibility index (Phi) is 9.56. The van der Waals surface area contributed by atoms with Crippen LogP contribution in [0.3, 0.4) is 0 Å². The van der Waals surface area contributed by atoms with E-state index in [1.54, 1.807) is 18.4 Å². The van der Waals surface area contributed by atoms with E-state index in [1.165, 1.54) is 4.88 Å². The highest BCUT2D eigenvalue weighted by Gasteiger charge is 2.30. The third kappa shape index (κ3) is 7.75. The number of thiophene rings is 1. The molecule has 0 aliphatic heterocycles. The quantitative estimate of drug-likeness (QED) is 0.241. The van der Waals surface area contributed by atoms with Crippen LogP contribution in [0.4, 0.5) is 13.2 Å². The van der Waals surface area contributed by atoms with Crippen LogP contribution in [0.2, 0.25) is 0 Å². The minimum atomic E-state index is -4.41. The Bertz CT molecular complexity index is 734. The van der Waals surface area contributed by atoms with Gasteiger partial charge in [-0.25, -0.2) is 0 Å². The fraction of sp³-hybridized carbons (Fsp3) is 0.294. The molecule has 1 heterocycles. The summed E-state index contributed by atoms with van der Waals surface area (Å²) < 4.78 is 37.5. The van der Waals surface area contributed by atoms with Crippen LogP contribution in [0.5, 0.6) is 0 Å². The molecule has 0 aliphatic carbocycles. The molecule has 2 rings (SSSR count). The molecule has 0 fully saturated rings. The maximum atomic E-state index is 12.5. The molecular formula is C17H20F3IN4OS. The van der Waals surface area contributed by atoms with Gasteiger partial charge in [0.1, 0.15) is 0 Å². The number of hydrogen-bond donors (Lipinski definition) is 3. The second-order valence-electron chi connectivity index (χ2n) is 5.26. The Labute approximate surface area is 176 Å². The van der Waals surface area contributed by atoms with Crippen LogP contribution in [-0.2, 0) is 12.7 Å². The second kappa shape index (κ2) is 11.1. The summed E-state index contributed by atoms with van der Waals surface area (Å²) in [7, 11) is 1.64. The molecule has 0 unspecified atom stereocenters. The zero-order chi connectivity index (χ0) is 19.0. The highest BCUT2D eigenvalue weighted by Crippen LogP contribution is 2.29. The van der Waals surface area contributed by atoms with Gasteiger partial charge in [0.15, 0.2) is 5.96 Å². The van der Waals surface area contributed by atoms with Crippen molar-refractivity contribution >= 4 is 47.2 Å². The molecule has 27 heavy (non-hydrogen) atoms. The van der Waals surface area contributed by atoms with Gasteiger partial charge in [0.25, 0.3) is 5.91 Å². The SMILES string of the molecule is CN=C(NCCNC(=O)c1ccc(C(F)(F)F)cc1)NCc1cccs1.I. The number of benzene rings is 1. The molecule has 0 spiro atoms. The van der Waals surface area contributed by atoms with E-state index in [2.05, 4.69) is 20.9 Å². The van der Waals surface area contributed by atoms with Crippen molar-refractivity contribution in [3.63, 3.8) is 0 Å². The average molecular weight is 512 g/mol. The summed E-state index contributed by atoms with van der Waals surface area (Å²) >= 11 is 1.64. The summed E-state index contributed by atoms with van der Waals surface area (Å²) in [6.07, 6.45) is -4.41.